The van der Waals surface area contributed by atoms with E-state index in [9.17, 15) is 9.18 Å². The minimum atomic E-state index is -0.237. The van der Waals surface area contributed by atoms with Crippen molar-refractivity contribution in [2.75, 3.05) is 0 Å². The molecule has 0 aliphatic heterocycles. The van der Waals surface area contributed by atoms with E-state index in [4.69, 9.17) is 0 Å². The van der Waals surface area contributed by atoms with Crippen LogP contribution in [0.2, 0.25) is 0 Å². The van der Waals surface area contributed by atoms with Gasteiger partial charge < -0.3 is 4.57 Å². The van der Waals surface area contributed by atoms with Gasteiger partial charge in [-0.15, -0.1) is 11.3 Å². The molecule has 1 aliphatic carbocycles. The molecule has 0 N–H and O–H groups in total. The van der Waals surface area contributed by atoms with Crippen molar-refractivity contribution in [2.24, 2.45) is 16.8 Å². The quantitative estimate of drug-likeness (QED) is 0.856. The van der Waals surface area contributed by atoms with Crippen molar-refractivity contribution in [3.63, 3.8) is 0 Å². The van der Waals surface area contributed by atoms with Crippen molar-refractivity contribution in [2.45, 2.75) is 19.9 Å². The molecule has 0 saturated heterocycles. The number of rotatable bonds is 3. The van der Waals surface area contributed by atoms with Gasteiger partial charge in [-0.05, 0) is 18.4 Å². The molecule has 2 atom stereocenters. The molecular weight excluding hydrogens is 275 g/mol. The fourth-order valence-corrected chi connectivity index (χ4v) is 2.89. The summed E-state index contributed by atoms with van der Waals surface area (Å²) in [5.41, 5.74) is 0.597. The summed E-state index contributed by atoms with van der Waals surface area (Å²) in [6, 6.07) is 6.66. The molecule has 0 unspecified atom stereocenters. The molecule has 1 aromatic heterocycles. The number of benzene rings is 1. The fourth-order valence-electron chi connectivity index (χ4n) is 2.16. The van der Waals surface area contributed by atoms with E-state index in [0.29, 0.717) is 22.8 Å². The lowest BCUT2D eigenvalue weighted by molar-refractivity contribution is -0.119. The van der Waals surface area contributed by atoms with E-state index in [0.717, 1.165) is 6.42 Å². The number of nitrogens with zero attached hydrogens (tertiary/aromatic N) is 2. The lowest BCUT2D eigenvalue weighted by Crippen LogP contribution is -2.18. The zero-order valence-corrected chi connectivity index (χ0v) is 11.9. The van der Waals surface area contributed by atoms with Crippen molar-refractivity contribution >= 4 is 17.2 Å². The highest BCUT2D eigenvalue weighted by atomic mass is 32.1. The summed E-state index contributed by atoms with van der Waals surface area (Å²) in [5, 5.41) is 1.86. The Hall–Kier alpha value is -1.75. The molecule has 1 heterocycles. The Balaban J connectivity index is 1.85. The van der Waals surface area contributed by atoms with Crippen LogP contribution in [0, 0.1) is 17.7 Å². The first-order chi connectivity index (χ1) is 9.65. The van der Waals surface area contributed by atoms with Gasteiger partial charge in [-0.3, -0.25) is 4.79 Å². The Labute approximate surface area is 120 Å². The van der Waals surface area contributed by atoms with Gasteiger partial charge in [-0.2, -0.15) is 4.99 Å². The maximum Gasteiger partial charge on any atom is 0.251 e. The molecular formula is C15H15FN2OS. The van der Waals surface area contributed by atoms with Gasteiger partial charge in [-0.25, -0.2) is 4.39 Å². The first kappa shape index (κ1) is 13.2. The predicted molar refractivity (Wildman–Crippen MR) is 75.7 cm³/mol. The number of carbonyl (C=O) groups excluding carboxylic acids is 1. The molecule has 1 amide bonds. The van der Waals surface area contributed by atoms with Crippen LogP contribution in [0.25, 0.3) is 0 Å². The molecule has 0 bridgehead atoms. The first-order valence-corrected chi connectivity index (χ1v) is 7.49. The molecule has 1 aromatic carbocycles. The number of aromatic nitrogens is 1. The SMILES string of the molecule is C[C@H]1C[C@@H]1C(=O)N=c1sccn1Cc1ccccc1F. The van der Waals surface area contributed by atoms with Crippen LogP contribution in [0.3, 0.4) is 0 Å². The second kappa shape index (κ2) is 5.32. The minimum Gasteiger partial charge on any atom is -0.319 e. The number of halogens is 1. The molecule has 1 fully saturated rings. The Bertz CT molecular complexity index is 704. The van der Waals surface area contributed by atoms with Crippen molar-refractivity contribution in [3.8, 4) is 0 Å². The third-order valence-electron chi connectivity index (χ3n) is 3.59. The van der Waals surface area contributed by atoms with E-state index < -0.39 is 0 Å². The second-order valence-corrected chi connectivity index (χ2v) is 6.05. The number of amides is 1. The average molecular weight is 290 g/mol. The maximum absolute atomic E-state index is 13.7. The van der Waals surface area contributed by atoms with Crippen LogP contribution in [0.15, 0.2) is 40.8 Å². The molecule has 5 heteroatoms. The maximum atomic E-state index is 13.7. The third kappa shape index (κ3) is 2.72. The predicted octanol–water partition coefficient (Wildman–Crippen LogP) is 2.82. The van der Waals surface area contributed by atoms with Crippen molar-refractivity contribution in [1.82, 2.24) is 4.57 Å². The normalized spacial score (nSPS) is 22.0. The van der Waals surface area contributed by atoms with E-state index in [1.807, 2.05) is 16.1 Å². The molecule has 0 spiro atoms. The van der Waals surface area contributed by atoms with E-state index in [-0.39, 0.29) is 17.6 Å². The molecule has 104 valence electrons. The zero-order chi connectivity index (χ0) is 14.1. The van der Waals surface area contributed by atoms with Gasteiger partial charge in [0, 0.05) is 23.1 Å². The molecule has 3 nitrogen and oxygen atoms in total. The Morgan fingerprint density at radius 1 is 1.50 bits per heavy atom. The highest BCUT2D eigenvalue weighted by molar-refractivity contribution is 7.07. The van der Waals surface area contributed by atoms with Gasteiger partial charge in [0.25, 0.3) is 5.91 Å². The summed E-state index contributed by atoms with van der Waals surface area (Å²) < 4.78 is 15.5. The fraction of sp³-hybridized carbons (Fsp3) is 0.333. The zero-order valence-electron chi connectivity index (χ0n) is 11.1. The summed E-state index contributed by atoms with van der Waals surface area (Å²) in [6.45, 7) is 2.45. The number of hydrogen-bond donors (Lipinski definition) is 0. The Kier molecular flexibility index (Phi) is 3.53. The van der Waals surface area contributed by atoms with Crippen molar-refractivity contribution in [3.05, 3.63) is 52.0 Å². The largest absolute Gasteiger partial charge is 0.319 e. The summed E-state index contributed by atoms with van der Waals surface area (Å²) in [5.74, 6) is 0.242. The second-order valence-electron chi connectivity index (χ2n) is 5.17. The summed E-state index contributed by atoms with van der Waals surface area (Å²) in [4.78, 5) is 16.7. The van der Waals surface area contributed by atoms with Gasteiger partial charge in [-0.1, -0.05) is 25.1 Å². The molecule has 2 aromatic rings. The van der Waals surface area contributed by atoms with Gasteiger partial charge >= 0.3 is 0 Å². The van der Waals surface area contributed by atoms with E-state index in [1.54, 1.807) is 18.2 Å². The summed E-state index contributed by atoms with van der Waals surface area (Å²) >= 11 is 1.40. The molecule has 1 aliphatic rings. The lowest BCUT2D eigenvalue weighted by Gasteiger charge is -2.04. The number of carbonyl (C=O) groups is 1. The molecule has 3 rings (SSSR count). The van der Waals surface area contributed by atoms with Crippen molar-refractivity contribution < 1.29 is 9.18 Å². The van der Waals surface area contributed by atoms with Crippen molar-refractivity contribution in [1.29, 1.82) is 0 Å². The van der Waals surface area contributed by atoms with E-state index in [2.05, 4.69) is 11.9 Å². The van der Waals surface area contributed by atoms with Crippen LogP contribution in [0.4, 0.5) is 4.39 Å². The van der Waals surface area contributed by atoms with Gasteiger partial charge in [0.05, 0.1) is 6.54 Å². The summed E-state index contributed by atoms with van der Waals surface area (Å²) in [6.07, 6.45) is 2.76. The van der Waals surface area contributed by atoms with Gasteiger partial charge in [0.1, 0.15) is 5.82 Å². The van der Waals surface area contributed by atoms with Gasteiger partial charge in [0.15, 0.2) is 4.80 Å². The highest BCUT2D eigenvalue weighted by Gasteiger charge is 2.39. The topological polar surface area (TPSA) is 34.4 Å². The molecule has 1 saturated carbocycles. The Morgan fingerprint density at radius 3 is 2.95 bits per heavy atom. The highest BCUT2D eigenvalue weighted by Crippen LogP contribution is 2.38. The standard InChI is InChI=1S/C15H15FN2OS/c1-10-8-12(10)14(19)17-15-18(6-7-20-15)9-11-4-2-3-5-13(11)16/h2-7,10,12H,8-9H2,1H3/t10-,12-/m0/s1. The number of thiazole rings is 1. The molecule has 0 radical (unpaired) electrons. The monoisotopic (exact) mass is 290 g/mol. The minimum absolute atomic E-state index is 0.0535. The van der Waals surface area contributed by atoms with Crippen LogP contribution in [0.1, 0.15) is 18.9 Å². The van der Waals surface area contributed by atoms with Crippen LogP contribution in [-0.4, -0.2) is 10.5 Å². The average Bonchev–Trinajstić information content (AvgIpc) is 3.01. The van der Waals surface area contributed by atoms with Crippen LogP contribution in [-0.2, 0) is 11.3 Å². The van der Waals surface area contributed by atoms with Gasteiger partial charge in [0.2, 0.25) is 0 Å². The van der Waals surface area contributed by atoms with E-state index in [1.165, 1.54) is 17.4 Å². The first-order valence-electron chi connectivity index (χ1n) is 6.61. The smallest absolute Gasteiger partial charge is 0.251 e. The lowest BCUT2D eigenvalue weighted by atomic mass is 10.2. The number of hydrogen-bond acceptors (Lipinski definition) is 2. The van der Waals surface area contributed by atoms with Crippen LogP contribution < -0.4 is 4.80 Å². The summed E-state index contributed by atoms with van der Waals surface area (Å²) in [7, 11) is 0. The third-order valence-corrected chi connectivity index (χ3v) is 4.39. The molecule has 20 heavy (non-hydrogen) atoms. The Morgan fingerprint density at radius 2 is 2.25 bits per heavy atom. The van der Waals surface area contributed by atoms with Crippen LogP contribution in [0.5, 0.6) is 0 Å². The van der Waals surface area contributed by atoms with E-state index >= 15 is 0 Å². The van der Waals surface area contributed by atoms with Crippen LogP contribution >= 0.6 is 11.3 Å².